The van der Waals surface area contributed by atoms with E-state index in [0.29, 0.717) is 6.54 Å². The molecule has 3 aromatic rings. The molecule has 1 N–H and O–H groups in total. The van der Waals surface area contributed by atoms with Crippen molar-refractivity contribution in [1.82, 2.24) is 4.90 Å². The molecule has 3 aromatic carbocycles. The number of nitrogens with one attached hydrogen (secondary N) is 1. The zero-order chi connectivity index (χ0) is 18.6. The number of carbonyl (C=O) groups is 1. The normalized spacial score (nSPS) is 15.1. The molecule has 0 spiro atoms. The van der Waals surface area contributed by atoms with Crippen molar-refractivity contribution in [3.05, 3.63) is 72.3 Å². The van der Waals surface area contributed by atoms with Crippen LogP contribution >= 0.6 is 0 Å². The molecule has 0 saturated carbocycles. The van der Waals surface area contributed by atoms with Gasteiger partial charge in [0.1, 0.15) is 0 Å². The van der Waals surface area contributed by atoms with E-state index in [0.717, 1.165) is 37.4 Å². The third kappa shape index (κ3) is 4.12. The van der Waals surface area contributed by atoms with Crippen LogP contribution in [0.3, 0.4) is 0 Å². The summed E-state index contributed by atoms with van der Waals surface area (Å²) in [4.78, 5) is 17.0. The highest BCUT2D eigenvalue weighted by atomic mass is 16.2. The molecule has 27 heavy (non-hydrogen) atoms. The summed E-state index contributed by atoms with van der Waals surface area (Å²) in [6, 6.07) is 22.9. The van der Waals surface area contributed by atoms with E-state index in [1.807, 2.05) is 31.2 Å². The SMILES string of the molecule is Cc1cccc(NC(=O)CN2CCN(c3cccc4ccccc34)CC2)c1. The van der Waals surface area contributed by atoms with Gasteiger partial charge in [-0.2, -0.15) is 0 Å². The van der Waals surface area contributed by atoms with Gasteiger partial charge < -0.3 is 10.2 Å². The average Bonchev–Trinajstić information content (AvgIpc) is 2.68. The Labute approximate surface area is 160 Å². The van der Waals surface area contributed by atoms with Gasteiger partial charge in [0.15, 0.2) is 0 Å². The summed E-state index contributed by atoms with van der Waals surface area (Å²) in [6.45, 7) is 6.13. The number of amides is 1. The fraction of sp³-hybridized carbons (Fsp3) is 0.261. The monoisotopic (exact) mass is 359 g/mol. The van der Waals surface area contributed by atoms with E-state index in [2.05, 4.69) is 57.6 Å². The zero-order valence-electron chi connectivity index (χ0n) is 15.7. The van der Waals surface area contributed by atoms with Crippen molar-refractivity contribution in [3.8, 4) is 0 Å². The lowest BCUT2D eigenvalue weighted by Crippen LogP contribution is -2.48. The van der Waals surface area contributed by atoms with E-state index >= 15 is 0 Å². The smallest absolute Gasteiger partial charge is 0.238 e. The minimum Gasteiger partial charge on any atom is -0.368 e. The Bertz CT molecular complexity index is 940. The summed E-state index contributed by atoms with van der Waals surface area (Å²) in [6.07, 6.45) is 0. The minimum atomic E-state index is 0.0548. The number of carbonyl (C=O) groups excluding carboxylic acids is 1. The van der Waals surface area contributed by atoms with Gasteiger partial charge >= 0.3 is 0 Å². The highest BCUT2D eigenvalue weighted by Crippen LogP contribution is 2.27. The van der Waals surface area contributed by atoms with Gasteiger partial charge in [0.2, 0.25) is 5.91 Å². The first-order valence-electron chi connectivity index (χ1n) is 9.51. The van der Waals surface area contributed by atoms with Crippen molar-refractivity contribution >= 4 is 28.1 Å². The van der Waals surface area contributed by atoms with Crippen molar-refractivity contribution in [2.24, 2.45) is 0 Å². The van der Waals surface area contributed by atoms with Gasteiger partial charge in [-0.15, -0.1) is 0 Å². The Morgan fingerprint density at radius 2 is 1.67 bits per heavy atom. The van der Waals surface area contributed by atoms with Crippen LogP contribution in [0.15, 0.2) is 66.7 Å². The van der Waals surface area contributed by atoms with Crippen LogP contribution in [0.1, 0.15) is 5.56 Å². The number of benzene rings is 3. The first-order valence-corrected chi connectivity index (χ1v) is 9.51. The van der Waals surface area contributed by atoms with E-state index in [9.17, 15) is 4.79 Å². The lowest BCUT2D eigenvalue weighted by molar-refractivity contribution is -0.117. The molecule has 4 heteroatoms. The van der Waals surface area contributed by atoms with Crippen molar-refractivity contribution in [2.75, 3.05) is 42.9 Å². The minimum absolute atomic E-state index is 0.0548. The molecule has 1 saturated heterocycles. The number of aryl methyl sites for hydroxylation is 1. The van der Waals surface area contributed by atoms with E-state index < -0.39 is 0 Å². The maximum Gasteiger partial charge on any atom is 0.238 e. The molecule has 1 amide bonds. The first-order chi connectivity index (χ1) is 13.2. The van der Waals surface area contributed by atoms with Crippen LogP contribution in [0.5, 0.6) is 0 Å². The highest BCUT2D eigenvalue weighted by molar-refractivity contribution is 5.94. The molecule has 0 bridgehead atoms. The fourth-order valence-electron chi connectivity index (χ4n) is 3.76. The number of hydrogen-bond donors (Lipinski definition) is 1. The lowest BCUT2D eigenvalue weighted by Gasteiger charge is -2.36. The van der Waals surface area contributed by atoms with Gasteiger partial charge in [-0.05, 0) is 36.1 Å². The van der Waals surface area contributed by atoms with Crippen LogP contribution in [0.25, 0.3) is 10.8 Å². The Morgan fingerprint density at radius 3 is 2.48 bits per heavy atom. The molecule has 0 aliphatic carbocycles. The highest BCUT2D eigenvalue weighted by Gasteiger charge is 2.20. The summed E-state index contributed by atoms with van der Waals surface area (Å²) in [7, 11) is 0. The number of rotatable bonds is 4. The van der Waals surface area contributed by atoms with Gasteiger partial charge in [-0.25, -0.2) is 0 Å². The van der Waals surface area contributed by atoms with Gasteiger partial charge in [0.25, 0.3) is 0 Å². The molecule has 4 rings (SSSR count). The topological polar surface area (TPSA) is 35.6 Å². The van der Waals surface area contributed by atoms with Gasteiger partial charge in [-0.3, -0.25) is 9.69 Å². The average molecular weight is 359 g/mol. The fourth-order valence-corrected chi connectivity index (χ4v) is 3.76. The largest absolute Gasteiger partial charge is 0.368 e. The third-order valence-corrected chi connectivity index (χ3v) is 5.15. The van der Waals surface area contributed by atoms with Crippen LogP contribution < -0.4 is 10.2 Å². The lowest BCUT2D eigenvalue weighted by atomic mass is 10.1. The van der Waals surface area contributed by atoms with E-state index in [1.54, 1.807) is 0 Å². The molecule has 1 aliphatic rings. The number of piperazine rings is 1. The van der Waals surface area contributed by atoms with E-state index in [4.69, 9.17) is 0 Å². The molecule has 0 atom stereocenters. The van der Waals surface area contributed by atoms with Crippen LogP contribution in [0.4, 0.5) is 11.4 Å². The molecule has 1 heterocycles. The van der Waals surface area contributed by atoms with Crippen LogP contribution in [-0.2, 0) is 4.79 Å². The van der Waals surface area contributed by atoms with E-state index in [1.165, 1.54) is 16.5 Å². The van der Waals surface area contributed by atoms with Crippen molar-refractivity contribution in [3.63, 3.8) is 0 Å². The Morgan fingerprint density at radius 1 is 0.926 bits per heavy atom. The summed E-state index contributed by atoms with van der Waals surface area (Å²) >= 11 is 0. The molecular weight excluding hydrogens is 334 g/mol. The third-order valence-electron chi connectivity index (χ3n) is 5.15. The maximum absolute atomic E-state index is 12.4. The number of nitrogens with zero attached hydrogens (tertiary/aromatic N) is 2. The molecule has 138 valence electrons. The standard InChI is InChI=1S/C23H25N3O/c1-18-6-4-9-20(16-18)24-23(27)17-25-12-14-26(15-13-25)22-11-5-8-19-7-2-3-10-21(19)22/h2-11,16H,12-15,17H2,1H3,(H,24,27). The Balaban J connectivity index is 1.35. The summed E-state index contributed by atoms with van der Waals surface area (Å²) in [5, 5.41) is 5.57. The van der Waals surface area contributed by atoms with Crippen LogP contribution in [0, 0.1) is 6.92 Å². The zero-order valence-corrected chi connectivity index (χ0v) is 15.7. The maximum atomic E-state index is 12.4. The second-order valence-electron chi connectivity index (χ2n) is 7.18. The second-order valence-corrected chi connectivity index (χ2v) is 7.18. The Kier molecular flexibility index (Phi) is 5.07. The predicted molar refractivity (Wildman–Crippen MR) is 112 cm³/mol. The molecule has 4 nitrogen and oxygen atoms in total. The quantitative estimate of drug-likeness (QED) is 0.767. The molecule has 0 aromatic heterocycles. The van der Waals surface area contributed by atoms with Gasteiger partial charge in [0, 0.05) is 42.9 Å². The van der Waals surface area contributed by atoms with Crippen LogP contribution in [-0.4, -0.2) is 43.5 Å². The first kappa shape index (κ1) is 17.6. The van der Waals surface area contributed by atoms with Gasteiger partial charge in [-0.1, -0.05) is 48.5 Å². The molecule has 0 radical (unpaired) electrons. The second kappa shape index (κ2) is 7.80. The number of anilines is 2. The summed E-state index contributed by atoms with van der Waals surface area (Å²) < 4.78 is 0. The van der Waals surface area contributed by atoms with Gasteiger partial charge in [0.05, 0.1) is 6.54 Å². The summed E-state index contributed by atoms with van der Waals surface area (Å²) in [5.74, 6) is 0.0548. The number of hydrogen-bond acceptors (Lipinski definition) is 3. The molecule has 1 fully saturated rings. The Hall–Kier alpha value is -2.85. The predicted octanol–water partition coefficient (Wildman–Crippen LogP) is 3.91. The van der Waals surface area contributed by atoms with Crippen molar-refractivity contribution < 1.29 is 4.79 Å². The van der Waals surface area contributed by atoms with Crippen molar-refractivity contribution in [2.45, 2.75) is 6.92 Å². The van der Waals surface area contributed by atoms with Crippen LogP contribution in [0.2, 0.25) is 0 Å². The molecule has 0 unspecified atom stereocenters. The van der Waals surface area contributed by atoms with E-state index in [-0.39, 0.29) is 5.91 Å². The van der Waals surface area contributed by atoms with Crippen molar-refractivity contribution in [1.29, 1.82) is 0 Å². The molecular formula is C23H25N3O. The number of fused-ring (bicyclic) bond motifs is 1. The molecule has 1 aliphatic heterocycles. The summed E-state index contributed by atoms with van der Waals surface area (Å²) in [5.41, 5.74) is 3.31.